The number of ether oxygens (including phenoxy) is 1. The van der Waals surface area contributed by atoms with Gasteiger partial charge in [0.05, 0.1) is 11.8 Å². The second kappa shape index (κ2) is 8.47. The average molecular weight is 352 g/mol. The van der Waals surface area contributed by atoms with Crippen molar-refractivity contribution >= 4 is 16.9 Å². The maximum Gasteiger partial charge on any atom is 0.408 e. The van der Waals surface area contributed by atoms with Gasteiger partial charge >= 0.3 is 6.09 Å². The van der Waals surface area contributed by atoms with Crippen molar-refractivity contribution in [1.82, 2.24) is 5.32 Å². The summed E-state index contributed by atoms with van der Waals surface area (Å²) < 4.78 is 17.7. The van der Waals surface area contributed by atoms with Crippen molar-refractivity contribution in [2.75, 3.05) is 5.75 Å². The molecule has 0 saturated carbocycles. The third-order valence-corrected chi connectivity index (χ3v) is 4.05. The first-order valence-electron chi connectivity index (χ1n) is 8.07. The van der Waals surface area contributed by atoms with Crippen LogP contribution in [0.1, 0.15) is 53.1 Å². The molecule has 24 heavy (non-hydrogen) atoms. The van der Waals surface area contributed by atoms with E-state index in [-0.39, 0.29) is 11.5 Å². The van der Waals surface area contributed by atoms with Crippen molar-refractivity contribution in [2.45, 2.75) is 53.2 Å². The molecule has 0 spiro atoms. The molecule has 5 heteroatoms. The molecule has 0 bridgehead atoms. The smallest absolute Gasteiger partial charge is 0.408 e. The fraction of sp³-hybridized carbons (Fsp3) is 0.526. The molecule has 134 valence electrons. The third kappa shape index (κ3) is 8.87. The van der Waals surface area contributed by atoms with E-state index in [4.69, 9.17) is 4.74 Å². The van der Waals surface area contributed by atoms with Crippen LogP contribution in [-0.4, -0.2) is 21.7 Å². The van der Waals surface area contributed by atoms with E-state index in [0.717, 1.165) is 5.56 Å². The number of alkyl carbamates (subject to hydrolysis) is 1. The number of amides is 1. The molecule has 1 rings (SSSR count). The Bertz CT molecular complexity index is 583. The molecule has 2 atom stereocenters. The lowest BCUT2D eigenvalue weighted by atomic mass is 9.98. The molecule has 0 radical (unpaired) electrons. The van der Waals surface area contributed by atoms with E-state index in [1.54, 1.807) is 5.41 Å². The molecule has 0 aromatic heterocycles. The summed E-state index contributed by atoms with van der Waals surface area (Å²) in [4.78, 5) is 12.1. The van der Waals surface area contributed by atoms with E-state index in [1.165, 1.54) is 0 Å². The van der Waals surface area contributed by atoms with Crippen LogP contribution in [0.15, 0.2) is 41.8 Å². The Hall–Kier alpha value is -1.62. The summed E-state index contributed by atoms with van der Waals surface area (Å²) in [5.74, 6) is 0.301. The van der Waals surface area contributed by atoms with Crippen molar-refractivity contribution in [3.8, 4) is 0 Å². The summed E-state index contributed by atoms with van der Waals surface area (Å²) in [6, 6.07) is 9.15. The Kier molecular flexibility index (Phi) is 7.21. The van der Waals surface area contributed by atoms with Crippen LogP contribution >= 0.6 is 0 Å². The largest absolute Gasteiger partial charge is 0.444 e. The Morgan fingerprint density at radius 3 is 2.25 bits per heavy atom. The second-order valence-electron chi connectivity index (χ2n) is 7.83. The van der Waals surface area contributed by atoms with E-state index >= 15 is 0 Å². The maximum absolute atomic E-state index is 12.4. The fourth-order valence-corrected chi connectivity index (χ4v) is 3.13. The van der Waals surface area contributed by atoms with Gasteiger partial charge in [-0.05, 0) is 37.2 Å². The van der Waals surface area contributed by atoms with Gasteiger partial charge in [-0.1, -0.05) is 57.2 Å². The lowest BCUT2D eigenvalue weighted by molar-refractivity contribution is 0.0509. The van der Waals surface area contributed by atoms with Crippen LogP contribution in [-0.2, 0) is 15.5 Å². The van der Waals surface area contributed by atoms with E-state index in [1.807, 2.05) is 78.0 Å². The van der Waals surface area contributed by atoms with Crippen LogP contribution in [0.4, 0.5) is 4.79 Å². The van der Waals surface area contributed by atoms with Gasteiger partial charge in [-0.2, -0.15) is 0 Å². The first-order valence-corrected chi connectivity index (χ1v) is 9.45. The van der Waals surface area contributed by atoms with Crippen molar-refractivity contribution in [3.05, 3.63) is 47.4 Å². The molecule has 1 aromatic carbocycles. The molecule has 0 aliphatic rings. The predicted octanol–water partition coefficient (Wildman–Crippen LogP) is 4.56. The Labute approximate surface area is 148 Å². The summed E-state index contributed by atoms with van der Waals surface area (Å²) in [6.45, 7) is 11.6. The molecule has 0 heterocycles. The summed E-state index contributed by atoms with van der Waals surface area (Å²) in [5, 5.41) is 4.53. The van der Waals surface area contributed by atoms with Crippen molar-refractivity contribution in [2.24, 2.45) is 5.41 Å². The molecule has 0 aliphatic carbocycles. The van der Waals surface area contributed by atoms with Gasteiger partial charge in [-0.25, -0.2) is 4.79 Å². The van der Waals surface area contributed by atoms with Crippen molar-refractivity contribution in [3.63, 3.8) is 0 Å². The summed E-state index contributed by atoms with van der Waals surface area (Å²) in [6.07, 6.45) is 1.42. The fourth-order valence-electron chi connectivity index (χ4n) is 1.86. The molecule has 4 nitrogen and oxygen atoms in total. The SMILES string of the molecule is CC(C)(C)/C=C/S(=O)CC(NC(=O)OC(C)(C)C)c1ccccc1. The minimum absolute atomic E-state index is 0.0313. The van der Waals surface area contributed by atoms with Crippen LogP contribution in [0, 0.1) is 5.41 Å². The Morgan fingerprint density at radius 1 is 1.17 bits per heavy atom. The summed E-state index contributed by atoms with van der Waals surface area (Å²) in [7, 11) is -1.19. The number of nitrogens with one attached hydrogen (secondary N) is 1. The molecule has 0 fully saturated rings. The standard InChI is InChI=1S/C19H29NO3S/c1-18(2,3)12-13-24(22)14-16(15-10-8-7-9-11-15)20-17(21)23-19(4,5)6/h7-13,16H,14H2,1-6H3,(H,20,21)/b13-12+. The van der Waals surface area contributed by atoms with Gasteiger partial charge in [0.1, 0.15) is 5.60 Å². The quantitative estimate of drug-likeness (QED) is 0.846. The predicted molar refractivity (Wildman–Crippen MR) is 100 cm³/mol. The molecule has 1 N–H and O–H groups in total. The van der Waals surface area contributed by atoms with Gasteiger partial charge < -0.3 is 10.1 Å². The first-order chi connectivity index (χ1) is 11.0. The molecule has 0 saturated heterocycles. The van der Waals surface area contributed by atoms with Gasteiger partial charge in [-0.3, -0.25) is 4.21 Å². The normalized spacial score (nSPS) is 15.1. The monoisotopic (exact) mass is 351 g/mol. The number of hydrogen-bond donors (Lipinski definition) is 1. The first kappa shape index (κ1) is 20.4. The van der Waals surface area contributed by atoms with Crippen LogP contribution in [0.5, 0.6) is 0 Å². The lowest BCUT2D eigenvalue weighted by Gasteiger charge is -2.23. The zero-order valence-electron chi connectivity index (χ0n) is 15.5. The molecule has 0 aliphatic heterocycles. The van der Waals surface area contributed by atoms with Crippen LogP contribution in [0.3, 0.4) is 0 Å². The van der Waals surface area contributed by atoms with Crippen LogP contribution in [0.2, 0.25) is 0 Å². The summed E-state index contributed by atoms with van der Waals surface area (Å²) in [5.41, 5.74) is 0.300. The highest BCUT2D eigenvalue weighted by atomic mass is 32.2. The van der Waals surface area contributed by atoms with E-state index in [9.17, 15) is 9.00 Å². The number of allylic oxidation sites excluding steroid dienone is 1. The Balaban J connectivity index is 2.85. The number of rotatable bonds is 5. The minimum Gasteiger partial charge on any atom is -0.444 e. The molecule has 2 unspecified atom stereocenters. The molecular weight excluding hydrogens is 322 g/mol. The van der Waals surface area contributed by atoms with Gasteiger partial charge in [-0.15, -0.1) is 0 Å². The van der Waals surface area contributed by atoms with Gasteiger partial charge in [0, 0.05) is 10.8 Å². The molecule has 1 amide bonds. The highest BCUT2D eigenvalue weighted by Crippen LogP contribution is 2.18. The number of benzene rings is 1. The summed E-state index contributed by atoms with van der Waals surface area (Å²) >= 11 is 0. The maximum atomic E-state index is 12.4. The van der Waals surface area contributed by atoms with Gasteiger partial charge in [0.15, 0.2) is 0 Å². The Morgan fingerprint density at radius 2 is 1.75 bits per heavy atom. The van der Waals surface area contributed by atoms with Crippen molar-refractivity contribution < 1.29 is 13.7 Å². The van der Waals surface area contributed by atoms with Crippen LogP contribution < -0.4 is 5.32 Å². The van der Waals surface area contributed by atoms with Crippen LogP contribution in [0.25, 0.3) is 0 Å². The number of carbonyl (C=O) groups excluding carboxylic acids is 1. The van der Waals surface area contributed by atoms with Gasteiger partial charge in [0.2, 0.25) is 0 Å². The molecular formula is C19H29NO3S. The number of carbonyl (C=O) groups is 1. The molecule has 1 aromatic rings. The van der Waals surface area contributed by atoms with Crippen molar-refractivity contribution in [1.29, 1.82) is 0 Å². The topological polar surface area (TPSA) is 55.4 Å². The van der Waals surface area contributed by atoms with E-state index < -0.39 is 22.5 Å². The minimum atomic E-state index is -1.19. The zero-order valence-corrected chi connectivity index (χ0v) is 16.3. The second-order valence-corrected chi connectivity index (χ2v) is 9.19. The van der Waals surface area contributed by atoms with E-state index in [2.05, 4.69) is 5.32 Å². The van der Waals surface area contributed by atoms with Gasteiger partial charge in [0.25, 0.3) is 0 Å². The highest BCUT2D eigenvalue weighted by Gasteiger charge is 2.21. The highest BCUT2D eigenvalue weighted by molar-refractivity contribution is 7.88. The lowest BCUT2D eigenvalue weighted by Crippen LogP contribution is -2.36. The van der Waals surface area contributed by atoms with E-state index in [0.29, 0.717) is 5.75 Å². The third-order valence-electron chi connectivity index (χ3n) is 2.94. The number of hydrogen-bond acceptors (Lipinski definition) is 3. The zero-order chi connectivity index (χ0) is 18.4. The average Bonchev–Trinajstić information content (AvgIpc) is 2.42.